The molecule has 0 aromatic carbocycles. The van der Waals surface area contributed by atoms with Crippen LogP contribution in [0.15, 0.2) is 12.3 Å². The largest absolute Gasteiger partial charge is 0.341 e. The summed E-state index contributed by atoms with van der Waals surface area (Å²) >= 11 is 5.68. The predicted molar refractivity (Wildman–Crippen MR) is 56.4 cm³/mol. The summed E-state index contributed by atoms with van der Waals surface area (Å²) in [5.74, 6) is -1.08. The zero-order valence-corrected chi connectivity index (χ0v) is 9.33. The Morgan fingerprint density at radius 2 is 2.44 bits per heavy atom. The van der Waals surface area contributed by atoms with Crippen LogP contribution in [-0.4, -0.2) is 29.4 Å². The van der Waals surface area contributed by atoms with Crippen LogP contribution >= 0.6 is 11.6 Å². The van der Waals surface area contributed by atoms with Crippen LogP contribution in [0.2, 0.25) is 5.15 Å². The molecule has 84 valence electrons. The fourth-order valence-corrected chi connectivity index (χ4v) is 1.28. The molecule has 0 unspecified atom stereocenters. The Bertz CT molecular complexity index is 444. The van der Waals surface area contributed by atoms with E-state index in [1.807, 2.05) is 6.07 Å². The number of nitrogens with zero attached hydrogens (tertiary/aromatic N) is 3. The smallest absolute Gasteiger partial charge is 0.256 e. The Morgan fingerprint density at radius 1 is 1.75 bits per heavy atom. The van der Waals surface area contributed by atoms with Crippen LogP contribution < -0.4 is 0 Å². The molecule has 1 aromatic heterocycles. The SMILES string of the molecule is CN(CCC#N)C(=O)c1cc(F)cnc1Cl. The lowest BCUT2D eigenvalue weighted by Crippen LogP contribution is -2.28. The Morgan fingerprint density at radius 3 is 3.06 bits per heavy atom. The molecule has 0 aliphatic rings. The zero-order valence-electron chi connectivity index (χ0n) is 8.57. The predicted octanol–water partition coefficient (Wildman–Crippen LogP) is 1.86. The highest BCUT2D eigenvalue weighted by Gasteiger charge is 2.16. The van der Waals surface area contributed by atoms with Crippen molar-refractivity contribution in [2.24, 2.45) is 0 Å². The van der Waals surface area contributed by atoms with E-state index in [9.17, 15) is 9.18 Å². The average Bonchev–Trinajstić information content (AvgIpc) is 2.28. The van der Waals surface area contributed by atoms with Crippen molar-refractivity contribution in [2.45, 2.75) is 6.42 Å². The first-order valence-corrected chi connectivity index (χ1v) is 4.87. The van der Waals surface area contributed by atoms with Gasteiger partial charge in [-0.2, -0.15) is 5.26 Å². The monoisotopic (exact) mass is 241 g/mol. The van der Waals surface area contributed by atoms with E-state index in [-0.39, 0.29) is 23.7 Å². The molecule has 1 amide bonds. The standard InChI is InChI=1S/C10H9ClFN3O/c1-15(4-2-3-13)10(16)8-5-7(12)6-14-9(8)11/h5-6H,2,4H2,1H3. The van der Waals surface area contributed by atoms with E-state index < -0.39 is 11.7 Å². The quantitative estimate of drug-likeness (QED) is 0.759. The molecule has 0 aliphatic heterocycles. The number of amides is 1. The normalized spacial score (nSPS) is 9.62. The van der Waals surface area contributed by atoms with Crippen molar-refractivity contribution < 1.29 is 9.18 Å². The van der Waals surface area contributed by atoms with Crippen LogP contribution in [0.4, 0.5) is 4.39 Å². The summed E-state index contributed by atoms with van der Waals surface area (Å²) in [6.45, 7) is 0.266. The molecule has 0 aliphatic carbocycles. The van der Waals surface area contributed by atoms with Gasteiger partial charge in [-0.25, -0.2) is 9.37 Å². The van der Waals surface area contributed by atoms with E-state index >= 15 is 0 Å². The second kappa shape index (κ2) is 5.42. The summed E-state index contributed by atoms with van der Waals surface area (Å²) < 4.78 is 12.9. The number of aromatic nitrogens is 1. The number of hydrogen-bond donors (Lipinski definition) is 0. The molecular weight excluding hydrogens is 233 g/mol. The molecule has 16 heavy (non-hydrogen) atoms. The molecule has 0 atom stereocenters. The summed E-state index contributed by atoms with van der Waals surface area (Å²) in [4.78, 5) is 16.6. The van der Waals surface area contributed by atoms with Gasteiger partial charge >= 0.3 is 0 Å². The zero-order chi connectivity index (χ0) is 12.1. The maximum Gasteiger partial charge on any atom is 0.256 e. The van der Waals surface area contributed by atoms with E-state index in [4.69, 9.17) is 16.9 Å². The van der Waals surface area contributed by atoms with Gasteiger partial charge in [-0.1, -0.05) is 11.6 Å². The van der Waals surface area contributed by atoms with Crippen molar-refractivity contribution in [1.82, 2.24) is 9.88 Å². The summed E-state index contributed by atoms with van der Waals surface area (Å²) in [5.41, 5.74) is 0.00195. The van der Waals surface area contributed by atoms with Gasteiger partial charge in [0, 0.05) is 13.6 Å². The van der Waals surface area contributed by atoms with Gasteiger partial charge in [0.15, 0.2) is 0 Å². The van der Waals surface area contributed by atoms with Crippen LogP contribution in [0.25, 0.3) is 0 Å². The lowest BCUT2D eigenvalue weighted by atomic mass is 10.2. The minimum absolute atomic E-state index is 0.00195. The molecular formula is C10H9ClFN3O. The van der Waals surface area contributed by atoms with E-state index in [1.165, 1.54) is 11.9 Å². The maximum absolute atomic E-state index is 12.9. The highest BCUT2D eigenvalue weighted by atomic mass is 35.5. The Hall–Kier alpha value is -1.67. The van der Waals surface area contributed by atoms with Crippen molar-refractivity contribution in [3.63, 3.8) is 0 Å². The van der Waals surface area contributed by atoms with Crippen molar-refractivity contribution >= 4 is 17.5 Å². The van der Waals surface area contributed by atoms with E-state index in [0.29, 0.717) is 0 Å². The first kappa shape index (κ1) is 12.4. The summed E-state index contributed by atoms with van der Waals surface area (Å²) in [5, 5.41) is 8.33. The third-order valence-corrected chi connectivity index (χ3v) is 2.24. The lowest BCUT2D eigenvalue weighted by Gasteiger charge is -2.15. The fraction of sp³-hybridized carbons (Fsp3) is 0.300. The number of rotatable bonds is 3. The molecule has 4 nitrogen and oxygen atoms in total. The van der Waals surface area contributed by atoms with Crippen molar-refractivity contribution in [3.05, 3.63) is 28.8 Å². The second-order valence-corrected chi connectivity index (χ2v) is 3.48. The number of pyridine rings is 1. The van der Waals surface area contributed by atoms with E-state index in [2.05, 4.69) is 4.98 Å². The van der Waals surface area contributed by atoms with Gasteiger partial charge in [-0.15, -0.1) is 0 Å². The molecule has 0 N–H and O–H groups in total. The Kier molecular flexibility index (Phi) is 4.20. The number of carbonyl (C=O) groups excluding carboxylic acids is 1. The topological polar surface area (TPSA) is 57.0 Å². The molecule has 0 fully saturated rings. The highest BCUT2D eigenvalue weighted by Crippen LogP contribution is 2.15. The number of halogens is 2. The molecule has 0 radical (unpaired) electrons. The Labute approximate surface area is 97.3 Å². The molecule has 0 saturated heterocycles. The van der Waals surface area contributed by atoms with Crippen LogP contribution in [-0.2, 0) is 0 Å². The summed E-state index contributed by atoms with van der Waals surface area (Å²) in [7, 11) is 1.51. The number of carbonyl (C=O) groups is 1. The van der Waals surface area contributed by atoms with Crippen molar-refractivity contribution in [3.8, 4) is 6.07 Å². The molecule has 1 heterocycles. The molecule has 1 aromatic rings. The summed E-state index contributed by atoms with van der Waals surface area (Å²) in [6, 6.07) is 2.94. The summed E-state index contributed by atoms with van der Waals surface area (Å²) in [6.07, 6.45) is 1.15. The van der Waals surface area contributed by atoms with Gasteiger partial charge in [-0.05, 0) is 6.07 Å². The van der Waals surface area contributed by atoms with E-state index in [0.717, 1.165) is 12.3 Å². The van der Waals surface area contributed by atoms with Gasteiger partial charge in [-0.3, -0.25) is 4.79 Å². The minimum Gasteiger partial charge on any atom is -0.341 e. The molecule has 6 heteroatoms. The highest BCUT2D eigenvalue weighted by molar-refractivity contribution is 6.32. The lowest BCUT2D eigenvalue weighted by molar-refractivity contribution is 0.0797. The first-order chi connectivity index (χ1) is 7.56. The van der Waals surface area contributed by atoms with Gasteiger partial charge in [0.25, 0.3) is 5.91 Å². The van der Waals surface area contributed by atoms with Crippen LogP contribution in [0.5, 0.6) is 0 Å². The number of hydrogen-bond acceptors (Lipinski definition) is 3. The molecule has 0 saturated carbocycles. The van der Waals surface area contributed by atoms with Gasteiger partial charge < -0.3 is 4.90 Å². The maximum atomic E-state index is 12.9. The molecule has 0 bridgehead atoms. The number of nitriles is 1. The molecule has 0 spiro atoms. The first-order valence-electron chi connectivity index (χ1n) is 4.49. The third kappa shape index (κ3) is 2.91. The van der Waals surface area contributed by atoms with Gasteiger partial charge in [0.2, 0.25) is 0 Å². The third-order valence-electron chi connectivity index (χ3n) is 1.94. The van der Waals surface area contributed by atoms with E-state index in [1.54, 1.807) is 0 Å². The fourth-order valence-electron chi connectivity index (χ4n) is 1.10. The van der Waals surface area contributed by atoms with Crippen LogP contribution in [0, 0.1) is 17.1 Å². The second-order valence-electron chi connectivity index (χ2n) is 3.13. The van der Waals surface area contributed by atoms with Crippen LogP contribution in [0.1, 0.15) is 16.8 Å². The van der Waals surface area contributed by atoms with Crippen molar-refractivity contribution in [2.75, 3.05) is 13.6 Å². The average molecular weight is 242 g/mol. The minimum atomic E-state index is -0.624. The van der Waals surface area contributed by atoms with Crippen LogP contribution in [0.3, 0.4) is 0 Å². The van der Waals surface area contributed by atoms with Gasteiger partial charge in [0.1, 0.15) is 11.0 Å². The Balaban J connectivity index is 2.88. The van der Waals surface area contributed by atoms with Crippen molar-refractivity contribution in [1.29, 1.82) is 5.26 Å². The molecule has 1 rings (SSSR count). The van der Waals surface area contributed by atoms with Gasteiger partial charge in [0.05, 0.1) is 24.3 Å².